The molecule has 118 valence electrons. The van der Waals surface area contributed by atoms with Gasteiger partial charge in [0.2, 0.25) is 10.0 Å². The molecule has 0 aliphatic carbocycles. The number of hydrogen-bond donors (Lipinski definition) is 2. The number of hydrogen-bond acceptors (Lipinski definition) is 4. The second-order valence-corrected chi connectivity index (χ2v) is 7.26. The van der Waals surface area contributed by atoms with Crippen LogP contribution in [-0.4, -0.2) is 35.2 Å². The lowest BCUT2D eigenvalue weighted by Gasteiger charge is -2.22. The molecular weight excluding hydrogens is 288 g/mol. The van der Waals surface area contributed by atoms with Crippen molar-refractivity contribution >= 4 is 10.0 Å². The molecule has 0 saturated carbocycles. The molecule has 0 radical (unpaired) electrons. The summed E-state index contributed by atoms with van der Waals surface area (Å²) >= 11 is 0. The number of sulfonamides is 1. The van der Waals surface area contributed by atoms with Crippen molar-refractivity contribution in [1.82, 2.24) is 10.0 Å². The normalized spacial score (nSPS) is 18.6. The Morgan fingerprint density at radius 2 is 2.05 bits per heavy atom. The summed E-state index contributed by atoms with van der Waals surface area (Å²) in [5.41, 5.74) is 0.964. The van der Waals surface area contributed by atoms with Gasteiger partial charge in [-0.3, -0.25) is 0 Å². The first-order valence-electron chi connectivity index (χ1n) is 7.37. The third-order valence-corrected chi connectivity index (χ3v) is 5.43. The van der Waals surface area contributed by atoms with E-state index >= 15 is 0 Å². The van der Waals surface area contributed by atoms with Gasteiger partial charge in [-0.05, 0) is 50.4 Å². The molecular formula is C15H24N2O3S. The van der Waals surface area contributed by atoms with Gasteiger partial charge in [-0.15, -0.1) is 0 Å². The van der Waals surface area contributed by atoms with Crippen molar-refractivity contribution in [3.8, 4) is 0 Å². The first-order valence-corrected chi connectivity index (χ1v) is 8.86. The number of nitrogens with one attached hydrogen (secondary N) is 2. The van der Waals surface area contributed by atoms with E-state index < -0.39 is 10.0 Å². The Hall–Kier alpha value is -0.950. The zero-order chi connectivity index (χ0) is 15.3. The van der Waals surface area contributed by atoms with E-state index in [2.05, 4.69) is 10.0 Å². The third kappa shape index (κ3) is 4.51. The average molecular weight is 312 g/mol. The number of ether oxygens (including phenoxy) is 1. The van der Waals surface area contributed by atoms with Gasteiger partial charge in [-0.25, -0.2) is 13.1 Å². The maximum Gasteiger partial charge on any atom is 0.240 e. The Balaban J connectivity index is 2.04. The molecule has 1 aliphatic heterocycles. The van der Waals surface area contributed by atoms with E-state index in [1.165, 1.54) is 0 Å². The van der Waals surface area contributed by atoms with Crippen LogP contribution in [-0.2, 0) is 14.8 Å². The van der Waals surface area contributed by atoms with E-state index in [1.54, 1.807) is 18.2 Å². The number of rotatable bonds is 6. The molecule has 1 saturated heterocycles. The Morgan fingerprint density at radius 1 is 1.33 bits per heavy atom. The van der Waals surface area contributed by atoms with Crippen LogP contribution in [0.15, 0.2) is 29.2 Å². The molecule has 0 aromatic heterocycles. The van der Waals surface area contributed by atoms with E-state index in [4.69, 9.17) is 4.74 Å². The van der Waals surface area contributed by atoms with Crippen molar-refractivity contribution < 1.29 is 13.2 Å². The zero-order valence-electron chi connectivity index (χ0n) is 12.6. The second-order valence-electron chi connectivity index (χ2n) is 5.49. The van der Waals surface area contributed by atoms with Gasteiger partial charge >= 0.3 is 0 Å². The lowest BCUT2D eigenvalue weighted by Crippen LogP contribution is -2.32. The van der Waals surface area contributed by atoms with Gasteiger partial charge in [-0.1, -0.05) is 12.1 Å². The summed E-state index contributed by atoms with van der Waals surface area (Å²) in [4.78, 5) is 0.328. The highest BCUT2D eigenvalue weighted by Gasteiger charge is 2.19. The molecule has 1 aromatic carbocycles. The third-order valence-electron chi connectivity index (χ3n) is 4.00. The number of benzene rings is 1. The highest BCUT2D eigenvalue weighted by Crippen LogP contribution is 2.18. The van der Waals surface area contributed by atoms with Gasteiger partial charge in [0.25, 0.3) is 0 Å². The molecule has 5 nitrogen and oxygen atoms in total. The van der Waals surface area contributed by atoms with E-state index in [1.807, 2.05) is 20.0 Å². The first kappa shape index (κ1) is 16.4. The molecule has 1 unspecified atom stereocenters. The standard InChI is InChI=1S/C15H24N2O3S/c1-12(16-2)14-4-3-5-15(10-14)21(18,19)17-11-13-6-8-20-9-7-13/h3-5,10,12-13,16-17H,6-9,11H2,1-2H3. The van der Waals surface area contributed by atoms with Crippen molar-refractivity contribution in [1.29, 1.82) is 0 Å². The van der Waals surface area contributed by atoms with Crippen LogP contribution in [0.25, 0.3) is 0 Å². The molecule has 1 aliphatic rings. The SMILES string of the molecule is CNC(C)c1cccc(S(=O)(=O)NCC2CCOCC2)c1. The van der Waals surface area contributed by atoms with Crippen molar-refractivity contribution in [3.05, 3.63) is 29.8 Å². The summed E-state index contributed by atoms with van der Waals surface area (Å²) in [6.45, 7) is 3.93. The summed E-state index contributed by atoms with van der Waals surface area (Å²) in [6.07, 6.45) is 1.83. The molecule has 2 N–H and O–H groups in total. The molecule has 1 atom stereocenters. The Labute approximate surface area is 127 Å². The fourth-order valence-electron chi connectivity index (χ4n) is 2.38. The topological polar surface area (TPSA) is 67.4 Å². The van der Waals surface area contributed by atoms with Crippen LogP contribution in [0.4, 0.5) is 0 Å². The molecule has 6 heteroatoms. The lowest BCUT2D eigenvalue weighted by atomic mass is 10.0. The predicted octanol–water partition coefficient (Wildman–Crippen LogP) is 1.67. The van der Waals surface area contributed by atoms with E-state index in [-0.39, 0.29) is 6.04 Å². The second kappa shape index (κ2) is 7.35. The van der Waals surface area contributed by atoms with Crippen LogP contribution in [0.3, 0.4) is 0 Å². The highest BCUT2D eigenvalue weighted by atomic mass is 32.2. The molecule has 1 fully saturated rings. The maximum absolute atomic E-state index is 12.4. The predicted molar refractivity (Wildman–Crippen MR) is 82.6 cm³/mol. The monoisotopic (exact) mass is 312 g/mol. The molecule has 0 bridgehead atoms. The van der Waals surface area contributed by atoms with Crippen molar-refractivity contribution in [2.75, 3.05) is 26.8 Å². The molecule has 0 amide bonds. The fourth-order valence-corrected chi connectivity index (χ4v) is 3.55. The zero-order valence-corrected chi connectivity index (χ0v) is 13.4. The largest absolute Gasteiger partial charge is 0.381 e. The molecule has 0 spiro atoms. The molecule has 1 heterocycles. The minimum atomic E-state index is -3.44. The van der Waals surface area contributed by atoms with Gasteiger partial charge in [0, 0.05) is 25.8 Å². The minimum Gasteiger partial charge on any atom is -0.381 e. The molecule has 21 heavy (non-hydrogen) atoms. The Kier molecular flexibility index (Phi) is 5.75. The van der Waals surface area contributed by atoms with E-state index in [0.717, 1.165) is 31.6 Å². The average Bonchev–Trinajstić information content (AvgIpc) is 2.53. The smallest absolute Gasteiger partial charge is 0.240 e. The van der Waals surface area contributed by atoms with Gasteiger partial charge < -0.3 is 10.1 Å². The first-order chi connectivity index (χ1) is 10.0. The Bertz CT molecular complexity index is 554. The lowest BCUT2D eigenvalue weighted by molar-refractivity contribution is 0.0678. The van der Waals surface area contributed by atoms with Crippen molar-refractivity contribution in [3.63, 3.8) is 0 Å². The van der Waals surface area contributed by atoms with Gasteiger partial charge in [0.1, 0.15) is 0 Å². The van der Waals surface area contributed by atoms with Gasteiger partial charge in [0.15, 0.2) is 0 Å². The van der Waals surface area contributed by atoms with Crippen molar-refractivity contribution in [2.24, 2.45) is 5.92 Å². The molecule has 1 aromatic rings. The van der Waals surface area contributed by atoms with Crippen molar-refractivity contribution in [2.45, 2.75) is 30.7 Å². The summed E-state index contributed by atoms with van der Waals surface area (Å²) < 4.78 is 32.8. The van der Waals surface area contributed by atoms with E-state index in [0.29, 0.717) is 17.4 Å². The van der Waals surface area contributed by atoms with Crippen LogP contribution in [0, 0.1) is 5.92 Å². The summed E-state index contributed by atoms with van der Waals surface area (Å²) in [7, 11) is -1.59. The fraction of sp³-hybridized carbons (Fsp3) is 0.600. The highest BCUT2D eigenvalue weighted by molar-refractivity contribution is 7.89. The van der Waals surface area contributed by atoms with Crippen LogP contribution < -0.4 is 10.0 Å². The summed E-state index contributed by atoms with van der Waals surface area (Å²) in [5, 5.41) is 3.11. The van der Waals surface area contributed by atoms with Gasteiger partial charge in [-0.2, -0.15) is 0 Å². The quantitative estimate of drug-likeness (QED) is 0.838. The van der Waals surface area contributed by atoms with Crippen LogP contribution >= 0.6 is 0 Å². The van der Waals surface area contributed by atoms with Gasteiger partial charge in [0.05, 0.1) is 4.90 Å². The van der Waals surface area contributed by atoms with Crippen LogP contribution in [0.5, 0.6) is 0 Å². The Morgan fingerprint density at radius 3 is 2.71 bits per heavy atom. The minimum absolute atomic E-state index is 0.121. The van der Waals surface area contributed by atoms with Crippen LogP contribution in [0.2, 0.25) is 0 Å². The summed E-state index contributed by atoms with van der Waals surface area (Å²) in [6, 6.07) is 7.20. The molecule has 2 rings (SSSR count). The summed E-state index contributed by atoms with van der Waals surface area (Å²) in [5.74, 6) is 0.368. The maximum atomic E-state index is 12.4. The van der Waals surface area contributed by atoms with Crippen LogP contribution in [0.1, 0.15) is 31.4 Å². The van der Waals surface area contributed by atoms with E-state index in [9.17, 15) is 8.42 Å².